The second-order valence-corrected chi connectivity index (χ2v) is 5.55. The molecule has 22 heavy (non-hydrogen) atoms. The van der Waals surface area contributed by atoms with E-state index < -0.39 is 0 Å². The van der Waals surface area contributed by atoms with Gasteiger partial charge < -0.3 is 14.6 Å². The van der Waals surface area contributed by atoms with E-state index in [2.05, 4.69) is 22.1 Å². The van der Waals surface area contributed by atoms with Crippen molar-refractivity contribution in [2.24, 2.45) is 0 Å². The number of carbonyl (C=O) groups is 1. The number of nitrogens with zero attached hydrogens (tertiary/aromatic N) is 2. The lowest BCUT2D eigenvalue weighted by Gasteiger charge is -2.20. The minimum absolute atomic E-state index is 0.205. The van der Waals surface area contributed by atoms with E-state index in [0.29, 0.717) is 12.8 Å². The molecule has 0 spiro atoms. The zero-order valence-corrected chi connectivity index (χ0v) is 12.8. The number of fused-ring (bicyclic) bond motifs is 1. The van der Waals surface area contributed by atoms with Crippen molar-refractivity contribution in [1.29, 1.82) is 0 Å². The topological polar surface area (TPSA) is 58.2 Å². The number of benzene rings is 1. The second-order valence-electron chi connectivity index (χ2n) is 5.55. The number of rotatable bonds is 4. The Balaban J connectivity index is 1.60. The average molecular weight is 299 g/mol. The molecule has 0 fully saturated rings. The van der Waals surface area contributed by atoms with Gasteiger partial charge in [0.2, 0.25) is 5.91 Å². The van der Waals surface area contributed by atoms with Crippen molar-refractivity contribution in [3.05, 3.63) is 47.5 Å². The van der Waals surface area contributed by atoms with Gasteiger partial charge in [0.15, 0.2) is 0 Å². The maximum Gasteiger partial charge on any atom is 0.223 e. The van der Waals surface area contributed by atoms with Crippen molar-refractivity contribution in [3.8, 4) is 5.75 Å². The summed E-state index contributed by atoms with van der Waals surface area (Å²) in [5, 5.41) is 0. The molecule has 0 radical (unpaired) electrons. The SMILES string of the molecule is COc1ccc2c(c1)CCN(C(=O)CCc1ncc[nH]1)CC2. The van der Waals surface area contributed by atoms with Gasteiger partial charge in [-0.3, -0.25) is 4.79 Å². The smallest absolute Gasteiger partial charge is 0.223 e. The van der Waals surface area contributed by atoms with Crippen LogP contribution in [0, 0.1) is 0 Å². The van der Waals surface area contributed by atoms with E-state index in [4.69, 9.17) is 4.74 Å². The predicted octanol–water partition coefficient (Wildman–Crippen LogP) is 1.98. The molecular weight excluding hydrogens is 278 g/mol. The number of aromatic nitrogens is 2. The minimum Gasteiger partial charge on any atom is -0.497 e. The van der Waals surface area contributed by atoms with E-state index in [0.717, 1.165) is 37.5 Å². The summed E-state index contributed by atoms with van der Waals surface area (Å²) in [4.78, 5) is 21.5. The summed E-state index contributed by atoms with van der Waals surface area (Å²) < 4.78 is 5.28. The maximum absolute atomic E-state index is 12.4. The lowest BCUT2D eigenvalue weighted by molar-refractivity contribution is -0.131. The fraction of sp³-hybridized carbons (Fsp3) is 0.412. The molecule has 5 heteroatoms. The third-order valence-electron chi connectivity index (χ3n) is 4.20. The first-order chi connectivity index (χ1) is 10.8. The van der Waals surface area contributed by atoms with Crippen molar-refractivity contribution < 1.29 is 9.53 Å². The van der Waals surface area contributed by atoms with E-state index in [1.165, 1.54) is 11.1 Å². The van der Waals surface area contributed by atoms with Crippen LogP contribution >= 0.6 is 0 Å². The lowest BCUT2D eigenvalue weighted by atomic mass is 10.0. The standard InChI is InChI=1S/C17H21N3O2/c1-22-15-3-2-13-6-10-20(11-7-14(13)12-15)17(21)5-4-16-18-8-9-19-16/h2-3,8-9,12H,4-7,10-11H2,1H3,(H,18,19). The summed E-state index contributed by atoms with van der Waals surface area (Å²) in [5.74, 6) is 1.96. The van der Waals surface area contributed by atoms with Gasteiger partial charge in [0, 0.05) is 38.3 Å². The van der Waals surface area contributed by atoms with Gasteiger partial charge >= 0.3 is 0 Å². The predicted molar refractivity (Wildman–Crippen MR) is 83.9 cm³/mol. The quantitative estimate of drug-likeness (QED) is 0.939. The molecule has 1 aromatic carbocycles. The van der Waals surface area contributed by atoms with Gasteiger partial charge in [-0.25, -0.2) is 4.98 Å². The molecule has 2 heterocycles. The molecule has 1 aromatic heterocycles. The molecule has 1 N–H and O–H groups in total. The molecule has 0 unspecified atom stereocenters. The largest absolute Gasteiger partial charge is 0.497 e. The summed E-state index contributed by atoms with van der Waals surface area (Å²) in [6.45, 7) is 1.56. The Morgan fingerprint density at radius 1 is 1.32 bits per heavy atom. The molecular formula is C17H21N3O2. The Morgan fingerprint density at radius 3 is 2.86 bits per heavy atom. The van der Waals surface area contributed by atoms with Gasteiger partial charge in [0.25, 0.3) is 0 Å². The van der Waals surface area contributed by atoms with Gasteiger partial charge in [-0.2, -0.15) is 0 Å². The Hall–Kier alpha value is -2.30. The second kappa shape index (κ2) is 6.64. The lowest BCUT2D eigenvalue weighted by Crippen LogP contribution is -2.33. The third kappa shape index (κ3) is 3.30. The van der Waals surface area contributed by atoms with Gasteiger partial charge in [0.05, 0.1) is 7.11 Å². The monoisotopic (exact) mass is 299 g/mol. The van der Waals surface area contributed by atoms with Crippen molar-refractivity contribution >= 4 is 5.91 Å². The van der Waals surface area contributed by atoms with Crippen LogP contribution in [0.2, 0.25) is 0 Å². The number of aryl methyl sites for hydroxylation is 1. The Labute approximate surface area is 130 Å². The van der Waals surface area contributed by atoms with Gasteiger partial charge in [-0.1, -0.05) is 6.07 Å². The van der Waals surface area contributed by atoms with Crippen LogP contribution in [-0.2, 0) is 24.1 Å². The Kier molecular flexibility index (Phi) is 4.42. The molecule has 2 aromatic rings. The maximum atomic E-state index is 12.4. The summed E-state index contributed by atoms with van der Waals surface area (Å²) in [5.41, 5.74) is 2.61. The highest BCUT2D eigenvalue weighted by Gasteiger charge is 2.18. The highest BCUT2D eigenvalue weighted by atomic mass is 16.5. The number of aromatic amines is 1. The van der Waals surface area contributed by atoms with Crippen molar-refractivity contribution in [1.82, 2.24) is 14.9 Å². The number of H-pyrrole nitrogens is 1. The first-order valence-corrected chi connectivity index (χ1v) is 7.68. The highest BCUT2D eigenvalue weighted by molar-refractivity contribution is 5.76. The molecule has 1 aliphatic rings. The number of imidazole rings is 1. The molecule has 0 bridgehead atoms. The van der Waals surface area contributed by atoms with Crippen molar-refractivity contribution in [2.75, 3.05) is 20.2 Å². The molecule has 0 saturated carbocycles. The molecule has 3 rings (SSSR count). The van der Waals surface area contributed by atoms with Crippen LogP contribution < -0.4 is 4.74 Å². The molecule has 0 saturated heterocycles. The number of hydrogen-bond acceptors (Lipinski definition) is 3. The van der Waals surface area contributed by atoms with Crippen LogP contribution in [0.3, 0.4) is 0 Å². The van der Waals surface area contributed by atoms with Gasteiger partial charge in [0.1, 0.15) is 11.6 Å². The number of ether oxygens (including phenoxy) is 1. The summed E-state index contributed by atoms with van der Waals surface area (Å²) >= 11 is 0. The van der Waals surface area contributed by atoms with Crippen molar-refractivity contribution in [3.63, 3.8) is 0 Å². The normalized spacial score (nSPS) is 14.3. The molecule has 5 nitrogen and oxygen atoms in total. The van der Waals surface area contributed by atoms with Crippen LogP contribution in [0.15, 0.2) is 30.6 Å². The van der Waals surface area contributed by atoms with E-state index in [-0.39, 0.29) is 5.91 Å². The number of carbonyl (C=O) groups excluding carboxylic acids is 1. The van der Waals surface area contributed by atoms with Gasteiger partial charge in [-0.05, 0) is 36.1 Å². The van der Waals surface area contributed by atoms with E-state index >= 15 is 0 Å². The van der Waals surface area contributed by atoms with Crippen LogP contribution in [-0.4, -0.2) is 41.0 Å². The fourth-order valence-corrected chi connectivity index (χ4v) is 2.90. The molecule has 116 valence electrons. The zero-order valence-electron chi connectivity index (χ0n) is 12.8. The van der Waals surface area contributed by atoms with E-state index in [1.54, 1.807) is 19.5 Å². The number of methoxy groups -OCH3 is 1. The molecule has 1 aliphatic heterocycles. The van der Waals surface area contributed by atoms with Crippen LogP contribution in [0.4, 0.5) is 0 Å². The number of nitrogens with one attached hydrogen (secondary N) is 1. The van der Waals surface area contributed by atoms with Gasteiger partial charge in [-0.15, -0.1) is 0 Å². The number of hydrogen-bond donors (Lipinski definition) is 1. The zero-order chi connectivity index (χ0) is 15.4. The van der Waals surface area contributed by atoms with Crippen molar-refractivity contribution in [2.45, 2.75) is 25.7 Å². The third-order valence-corrected chi connectivity index (χ3v) is 4.20. The Morgan fingerprint density at radius 2 is 2.14 bits per heavy atom. The summed E-state index contributed by atoms with van der Waals surface area (Å²) in [6, 6.07) is 6.20. The summed E-state index contributed by atoms with van der Waals surface area (Å²) in [6.07, 6.45) is 6.48. The first-order valence-electron chi connectivity index (χ1n) is 7.68. The van der Waals surface area contributed by atoms with Crippen LogP contribution in [0.25, 0.3) is 0 Å². The number of amides is 1. The minimum atomic E-state index is 0.205. The average Bonchev–Trinajstić information content (AvgIpc) is 2.97. The Bertz CT molecular complexity index is 637. The summed E-state index contributed by atoms with van der Waals surface area (Å²) in [7, 11) is 1.68. The fourth-order valence-electron chi connectivity index (χ4n) is 2.90. The van der Waals surface area contributed by atoms with E-state index in [9.17, 15) is 4.79 Å². The molecule has 0 aliphatic carbocycles. The van der Waals surface area contributed by atoms with E-state index in [1.807, 2.05) is 11.0 Å². The first kappa shape index (κ1) is 14.6. The molecule has 1 amide bonds. The van der Waals surface area contributed by atoms with Crippen LogP contribution in [0.1, 0.15) is 23.4 Å². The van der Waals surface area contributed by atoms with Crippen LogP contribution in [0.5, 0.6) is 5.75 Å². The molecule has 0 atom stereocenters. The highest BCUT2D eigenvalue weighted by Crippen LogP contribution is 2.22.